The molecule has 3 heteroatoms. The Bertz CT molecular complexity index is 2620. The smallest absolute Gasteiger partial charge is 0.164 e. The molecule has 2 unspecified atom stereocenters. The molecule has 1 aromatic heterocycles. The average molecular weight is 686 g/mol. The first-order valence-corrected chi connectivity index (χ1v) is 19.4. The summed E-state index contributed by atoms with van der Waals surface area (Å²) in [6.07, 6.45) is 6.65. The largest absolute Gasteiger partial charge is 0.208 e. The summed E-state index contributed by atoms with van der Waals surface area (Å²) in [6.45, 7) is 4.93. The van der Waals surface area contributed by atoms with Crippen molar-refractivity contribution in [3.8, 4) is 45.3 Å². The van der Waals surface area contributed by atoms with Gasteiger partial charge in [0.15, 0.2) is 17.5 Å². The van der Waals surface area contributed by atoms with E-state index in [0.29, 0.717) is 17.5 Å². The Balaban J connectivity index is 1.17. The fourth-order valence-electron chi connectivity index (χ4n) is 10.4. The molecule has 1 heterocycles. The number of fused-ring (bicyclic) bond motifs is 6. The minimum atomic E-state index is 0.275. The normalized spacial score (nSPS) is 21.3. The molecule has 0 spiro atoms. The lowest BCUT2D eigenvalue weighted by atomic mass is 9.54. The second kappa shape index (κ2) is 12.8. The third kappa shape index (κ3) is 5.62. The minimum Gasteiger partial charge on any atom is -0.208 e. The lowest BCUT2D eigenvalue weighted by molar-refractivity contribution is 0.0780. The van der Waals surface area contributed by atoms with Gasteiger partial charge in [-0.2, -0.15) is 0 Å². The summed E-state index contributed by atoms with van der Waals surface area (Å²) < 4.78 is 0. The summed E-state index contributed by atoms with van der Waals surface area (Å²) in [5, 5.41) is 7.05. The molecule has 2 atom stereocenters. The molecule has 10 rings (SSSR count). The maximum absolute atomic E-state index is 5.33. The van der Waals surface area contributed by atoms with Crippen molar-refractivity contribution in [2.24, 2.45) is 17.8 Å². The van der Waals surface area contributed by atoms with Crippen molar-refractivity contribution >= 4 is 32.3 Å². The van der Waals surface area contributed by atoms with E-state index in [1.807, 2.05) is 0 Å². The van der Waals surface area contributed by atoms with Gasteiger partial charge < -0.3 is 0 Å². The van der Waals surface area contributed by atoms with Crippen molar-refractivity contribution in [2.75, 3.05) is 0 Å². The van der Waals surface area contributed by atoms with Crippen LogP contribution in [0.5, 0.6) is 0 Å². The lowest BCUT2D eigenvalue weighted by Gasteiger charge is -2.50. The highest BCUT2D eigenvalue weighted by molar-refractivity contribution is 6.13. The summed E-state index contributed by atoms with van der Waals surface area (Å²) in [5.41, 5.74) is 7.20. The van der Waals surface area contributed by atoms with E-state index in [0.717, 1.165) is 45.2 Å². The van der Waals surface area contributed by atoms with Crippen LogP contribution in [0.25, 0.3) is 77.6 Å². The van der Waals surface area contributed by atoms with Crippen molar-refractivity contribution < 1.29 is 0 Å². The van der Waals surface area contributed by atoms with Gasteiger partial charge in [0.05, 0.1) is 0 Å². The maximum Gasteiger partial charge on any atom is 0.164 e. The molecule has 0 N–H and O–H groups in total. The highest BCUT2D eigenvalue weighted by atomic mass is 15.0. The van der Waals surface area contributed by atoms with Crippen molar-refractivity contribution in [3.05, 3.63) is 151 Å². The monoisotopic (exact) mass is 685 g/mol. The summed E-state index contributed by atoms with van der Waals surface area (Å²) in [5.74, 6) is 4.47. The molecular formula is C50H43N3. The molecule has 2 fully saturated rings. The summed E-state index contributed by atoms with van der Waals surface area (Å²) in [4.78, 5) is 15.9. The average Bonchev–Trinajstić information content (AvgIpc) is 3.19. The molecule has 0 radical (unpaired) electrons. The van der Waals surface area contributed by atoms with Crippen LogP contribution in [0.15, 0.2) is 146 Å². The summed E-state index contributed by atoms with van der Waals surface area (Å²) in [6, 6.07) is 52.5. The third-order valence-corrected chi connectivity index (χ3v) is 12.3. The number of rotatable bonds is 5. The molecule has 3 nitrogen and oxygen atoms in total. The summed E-state index contributed by atoms with van der Waals surface area (Å²) >= 11 is 0. The fourth-order valence-corrected chi connectivity index (χ4v) is 10.4. The van der Waals surface area contributed by atoms with Crippen molar-refractivity contribution in [1.82, 2.24) is 15.0 Å². The standard InChI is InChI=1S/C50H43N3/c1-32-26-34-27-33(2)30-50(29-32,31-34)38-24-22-36(23-25-38)47-51-48(45-21-11-19-42-39(18-10-20-43(42)45)35-12-4-3-5-13-35)53-49(52-47)46-28-37-14-6-7-15-40(37)41-16-8-9-17-44(41)46/h3-25,28,32-34H,26-27,29-31H2,1-2H3. The number of nitrogens with zero attached hydrogens (tertiary/aromatic N) is 3. The van der Waals surface area contributed by atoms with Crippen LogP contribution in [-0.2, 0) is 5.41 Å². The first kappa shape index (κ1) is 32.0. The first-order valence-electron chi connectivity index (χ1n) is 19.4. The van der Waals surface area contributed by atoms with Gasteiger partial charge in [0.1, 0.15) is 0 Å². The van der Waals surface area contributed by atoms with Gasteiger partial charge in [-0.15, -0.1) is 0 Å². The zero-order valence-corrected chi connectivity index (χ0v) is 30.5. The minimum absolute atomic E-state index is 0.275. The van der Waals surface area contributed by atoms with Crippen LogP contribution in [-0.4, -0.2) is 15.0 Å². The molecule has 0 aliphatic heterocycles. The van der Waals surface area contributed by atoms with Gasteiger partial charge in [-0.05, 0) is 110 Å². The fraction of sp³-hybridized carbons (Fsp3) is 0.220. The van der Waals surface area contributed by atoms with Gasteiger partial charge >= 0.3 is 0 Å². The molecule has 2 bridgehead atoms. The van der Waals surface area contributed by atoms with Gasteiger partial charge in [0, 0.05) is 16.7 Å². The molecule has 7 aromatic carbocycles. The molecular weight excluding hydrogens is 643 g/mol. The SMILES string of the molecule is CC1CC2CC(C)CC(c3ccc(-c4nc(-c5cccc6c(-c7ccccc7)cccc56)nc(-c5cc6ccccc6c6ccccc56)n4)cc3)(C1)C2. The molecule has 258 valence electrons. The Morgan fingerprint density at radius 2 is 0.981 bits per heavy atom. The molecule has 0 amide bonds. The van der Waals surface area contributed by atoms with Crippen LogP contribution in [0.4, 0.5) is 0 Å². The highest BCUT2D eigenvalue weighted by Gasteiger charge is 2.45. The third-order valence-electron chi connectivity index (χ3n) is 12.3. The van der Waals surface area contributed by atoms with E-state index in [2.05, 4.69) is 159 Å². The summed E-state index contributed by atoms with van der Waals surface area (Å²) in [7, 11) is 0. The van der Waals surface area contributed by atoms with Crippen molar-refractivity contribution in [2.45, 2.75) is 51.4 Å². The van der Waals surface area contributed by atoms with Crippen LogP contribution in [0.2, 0.25) is 0 Å². The van der Waals surface area contributed by atoms with Gasteiger partial charge in [-0.3, -0.25) is 0 Å². The number of hydrogen-bond acceptors (Lipinski definition) is 3. The maximum atomic E-state index is 5.33. The number of benzene rings is 7. The molecule has 2 aliphatic rings. The van der Waals surface area contributed by atoms with E-state index >= 15 is 0 Å². The molecule has 2 saturated carbocycles. The van der Waals surface area contributed by atoms with Crippen LogP contribution >= 0.6 is 0 Å². The van der Waals surface area contributed by atoms with Crippen LogP contribution < -0.4 is 0 Å². The van der Waals surface area contributed by atoms with Crippen LogP contribution in [0.1, 0.15) is 51.5 Å². The Labute approximate surface area is 311 Å². The van der Waals surface area contributed by atoms with Crippen molar-refractivity contribution in [3.63, 3.8) is 0 Å². The second-order valence-corrected chi connectivity index (χ2v) is 16.1. The van der Waals surface area contributed by atoms with Gasteiger partial charge in [-0.1, -0.05) is 153 Å². The second-order valence-electron chi connectivity index (χ2n) is 16.1. The van der Waals surface area contributed by atoms with E-state index in [1.165, 1.54) is 70.3 Å². The predicted molar refractivity (Wildman–Crippen MR) is 221 cm³/mol. The Morgan fingerprint density at radius 3 is 1.72 bits per heavy atom. The van der Waals surface area contributed by atoms with E-state index in [4.69, 9.17) is 15.0 Å². The van der Waals surface area contributed by atoms with Crippen LogP contribution in [0.3, 0.4) is 0 Å². The van der Waals surface area contributed by atoms with E-state index in [-0.39, 0.29) is 5.41 Å². The number of aromatic nitrogens is 3. The molecule has 8 aromatic rings. The zero-order valence-electron chi connectivity index (χ0n) is 30.5. The topological polar surface area (TPSA) is 38.7 Å². The highest BCUT2D eigenvalue weighted by Crippen LogP contribution is 2.54. The zero-order chi connectivity index (χ0) is 35.5. The predicted octanol–water partition coefficient (Wildman–Crippen LogP) is 13.1. The number of hydrogen-bond donors (Lipinski definition) is 0. The first-order chi connectivity index (χ1) is 26.0. The van der Waals surface area contributed by atoms with Crippen molar-refractivity contribution in [1.29, 1.82) is 0 Å². The van der Waals surface area contributed by atoms with Gasteiger partial charge in [0.25, 0.3) is 0 Å². The lowest BCUT2D eigenvalue weighted by Crippen LogP contribution is -2.42. The molecule has 0 saturated heterocycles. The van der Waals surface area contributed by atoms with E-state index in [1.54, 1.807) is 0 Å². The Morgan fingerprint density at radius 1 is 0.434 bits per heavy atom. The van der Waals surface area contributed by atoms with E-state index in [9.17, 15) is 0 Å². The van der Waals surface area contributed by atoms with Crippen LogP contribution in [0, 0.1) is 17.8 Å². The quantitative estimate of drug-likeness (QED) is 0.169. The Hall–Kier alpha value is -5.67. The van der Waals surface area contributed by atoms with Gasteiger partial charge in [-0.25, -0.2) is 15.0 Å². The Kier molecular flexibility index (Phi) is 7.72. The molecule has 53 heavy (non-hydrogen) atoms. The van der Waals surface area contributed by atoms with Gasteiger partial charge in [0.2, 0.25) is 0 Å². The molecule has 2 aliphatic carbocycles. The van der Waals surface area contributed by atoms with E-state index < -0.39 is 0 Å².